The van der Waals surface area contributed by atoms with Gasteiger partial charge in [0.15, 0.2) is 0 Å². The van der Waals surface area contributed by atoms with Crippen molar-refractivity contribution in [1.82, 2.24) is 0 Å². The van der Waals surface area contributed by atoms with Crippen molar-refractivity contribution in [3.8, 4) is 12.1 Å². The Bertz CT molecular complexity index is 398. The molecule has 0 amide bonds. The third-order valence-electron chi connectivity index (χ3n) is 2.24. The van der Waals surface area contributed by atoms with Crippen LogP contribution in [0.4, 0.5) is 5.69 Å². The van der Waals surface area contributed by atoms with Gasteiger partial charge in [-0.05, 0) is 18.6 Å². The minimum absolute atomic E-state index is 0.115. The average Bonchev–Trinajstić information content (AvgIpc) is 2.29. The number of nitrogens with zero attached hydrogens (tertiary/aromatic N) is 2. The lowest BCUT2D eigenvalue weighted by Gasteiger charge is -2.15. The number of hydrogen-bond donors (Lipinski definition) is 1. The summed E-state index contributed by atoms with van der Waals surface area (Å²) in [5.74, 6) is 0. The molecule has 3 nitrogen and oxygen atoms in total. The second kappa shape index (κ2) is 5.67. The Morgan fingerprint density at radius 3 is 2.67 bits per heavy atom. The van der Waals surface area contributed by atoms with E-state index in [1.165, 1.54) is 0 Å². The van der Waals surface area contributed by atoms with Crippen molar-refractivity contribution in [2.24, 2.45) is 0 Å². The molecule has 0 fully saturated rings. The van der Waals surface area contributed by atoms with Gasteiger partial charge in [-0.15, -0.1) is 0 Å². The van der Waals surface area contributed by atoms with Gasteiger partial charge in [0.1, 0.15) is 6.07 Å². The number of nitrogens with one attached hydrogen (secondary N) is 1. The maximum Gasteiger partial charge on any atom is 0.101 e. The highest BCUT2D eigenvalue weighted by Gasteiger charge is 2.07. The molecule has 1 aromatic carbocycles. The lowest BCUT2D eigenvalue weighted by molar-refractivity contribution is 0.711. The van der Waals surface area contributed by atoms with E-state index < -0.39 is 0 Å². The summed E-state index contributed by atoms with van der Waals surface area (Å²) in [5, 5.41) is 20.7. The molecule has 15 heavy (non-hydrogen) atoms. The number of anilines is 1. The summed E-state index contributed by atoms with van der Waals surface area (Å²) in [6, 6.07) is 11.7. The van der Waals surface area contributed by atoms with Crippen molar-refractivity contribution in [2.75, 3.05) is 5.32 Å². The molecule has 0 bridgehead atoms. The summed E-state index contributed by atoms with van der Waals surface area (Å²) in [4.78, 5) is 0. The zero-order valence-corrected chi connectivity index (χ0v) is 8.70. The predicted molar refractivity (Wildman–Crippen MR) is 59.1 cm³/mol. The highest BCUT2D eigenvalue weighted by atomic mass is 14.9. The first-order valence-electron chi connectivity index (χ1n) is 4.94. The minimum Gasteiger partial charge on any atom is -0.380 e. The van der Waals surface area contributed by atoms with Crippen molar-refractivity contribution in [3.63, 3.8) is 0 Å². The van der Waals surface area contributed by atoms with E-state index in [2.05, 4.69) is 17.5 Å². The van der Waals surface area contributed by atoms with Gasteiger partial charge in [-0.2, -0.15) is 10.5 Å². The quantitative estimate of drug-likeness (QED) is 0.810. The third kappa shape index (κ3) is 3.00. The molecule has 0 aliphatic heterocycles. The Balaban J connectivity index is 2.80. The van der Waals surface area contributed by atoms with Gasteiger partial charge in [-0.1, -0.05) is 19.1 Å². The van der Waals surface area contributed by atoms with Crippen LogP contribution in [0, 0.1) is 22.7 Å². The molecule has 0 spiro atoms. The van der Waals surface area contributed by atoms with Crippen LogP contribution in [0.2, 0.25) is 0 Å². The molecule has 1 atom stereocenters. The highest BCUT2D eigenvalue weighted by molar-refractivity contribution is 5.57. The summed E-state index contributed by atoms with van der Waals surface area (Å²) < 4.78 is 0. The highest BCUT2D eigenvalue weighted by Crippen LogP contribution is 2.16. The Morgan fingerprint density at radius 1 is 1.33 bits per heavy atom. The second-order valence-electron chi connectivity index (χ2n) is 3.27. The Kier molecular flexibility index (Phi) is 4.19. The lowest BCUT2D eigenvalue weighted by Crippen LogP contribution is -2.18. The number of nitriles is 2. The van der Waals surface area contributed by atoms with Crippen LogP contribution >= 0.6 is 0 Å². The molecule has 1 unspecified atom stereocenters. The Hall–Kier alpha value is -2.00. The maximum atomic E-state index is 8.88. The van der Waals surface area contributed by atoms with Crippen LogP contribution in [0.25, 0.3) is 0 Å². The third-order valence-corrected chi connectivity index (χ3v) is 2.24. The summed E-state index contributed by atoms with van der Waals surface area (Å²) in [7, 11) is 0. The smallest absolute Gasteiger partial charge is 0.101 e. The van der Waals surface area contributed by atoms with E-state index in [4.69, 9.17) is 10.5 Å². The molecule has 1 rings (SSSR count). The van der Waals surface area contributed by atoms with Gasteiger partial charge in [0.05, 0.1) is 23.7 Å². The molecule has 0 saturated heterocycles. The zero-order valence-electron chi connectivity index (χ0n) is 8.70. The van der Waals surface area contributed by atoms with E-state index in [1.807, 2.05) is 25.1 Å². The van der Waals surface area contributed by atoms with Crippen molar-refractivity contribution in [1.29, 1.82) is 10.5 Å². The number of para-hydroxylation sites is 1. The molecule has 0 saturated carbocycles. The number of hydrogen-bond acceptors (Lipinski definition) is 3. The van der Waals surface area contributed by atoms with Gasteiger partial charge in [-0.25, -0.2) is 0 Å². The van der Waals surface area contributed by atoms with Crippen LogP contribution < -0.4 is 5.32 Å². The van der Waals surface area contributed by atoms with E-state index in [9.17, 15) is 0 Å². The first-order chi connectivity index (χ1) is 7.31. The molecule has 76 valence electrons. The van der Waals surface area contributed by atoms with E-state index in [-0.39, 0.29) is 6.04 Å². The van der Waals surface area contributed by atoms with Gasteiger partial charge < -0.3 is 5.32 Å². The topological polar surface area (TPSA) is 59.6 Å². The van der Waals surface area contributed by atoms with Crippen molar-refractivity contribution < 1.29 is 0 Å². The van der Waals surface area contributed by atoms with Gasteiger partial charge >= 0.3 is 0 Å². The Labute approximate surface area is 90.0 Å². The number of benzene rings is 1. The Morgan fingerprint density at radius 2 is 2.07 bits per heavy atom. The first kappa shape index (κ1) is 11.1. The van der Waals surface area contributed by atoms with E-state index >= 15 is 0 Å². The molecule has 0 radical (unpaired) electrons. The van der Waals surface area contributed by atoms with Gasteiger partial charge in [0.25, 0.3) is 0 Å². The molecule has 3 heteroatoms. The van der Waals surface area contributed by atoms with Crippen LogP contribution in [0.1, 0.15) is 25.3 Å². The summed E-state index contributed by atoms with van der Waals surface area (Å²) in [6.07, 6.45) is 1.32. The summed E-state index contributed by atoms with van der Waals surface area (Å²) in [5.41, 5.74) is 1.43. The molecule has 0 aliphatic carbocycles. The lowest BCUT2D eigenvalue weighted by atomic mass is 10.1. The van der Waals surface area contributed by atoms with Crippen LogP contribution in [0.5, 0.6) is 0 Å². The number of rotatable bonds is 4. The molecule has 0 heterocycles. The van der Waals surface area contributed by atoms with Crippen LogP contribution in [-0.2, 0) is 0 Å². The monoisotopic (exact) mass is 199 g/mol. The zero-order chi connectivity index (χ0) is 11.1. The van der Waals surface area contributed by atoms with Crippen LogP contribution in [0.15, 0.2) is 24.3 Å². The molecule has 0 aromatic heterocycles. The van der Waals surface area contributed by atoms with Gasteiger partial charge in [0, 0.05) is 6.04 Å². The molecule has 1 N–H and O–H groups in total. The van der Waals surface area contributed by atoms with Crippen molar-refractivity contribution >= 4 is 5.69 Å². The van der Waals surface area contributed by atoms with Gasteiger partial charge in [0.2, 0.25) is 0 Å². The van der Waals surface area contributed by atoms with E-state index in [1.54, 1.807) is 6.07 Å². The molecular formula is C12H13N3. The fourth-order valence-electron chi connectivity index (χ4n) is 1.33. The largest absolute Gasteiger partial charge is 0.380 e. The van der Waals surface area contributed by atoms with E-state index in [0.29, 0.717) is 12.0 Å². The molecule has 1 aromatic rings. The first-order valence-corrected chi connectivity index (χ1v) is 4.94. The molecule has 0 aliphatic rings. The standard InChI is InChI=1S/C12H13N3/c1-2-11(7-8-13)15-12-6-4-3-5-10(12)9-14/h3-6,11,15H,2,7H2,1H3. The second-order valence-corrected chi connectivity index (χ2v) is 3.27. The van der Waals surface area contributed by atoms with Crippen molar-refractivity contribution in [3.05, 3.63) is 29.8 Å². The maximum absolute atomic E-state index is 8.88. The molecular weight excluding hydrogens is 186 g/mol. The summed E-state index contributed by atoms with van der Waals surface area (Å²) >= 11 is 0. The summed E-state index contributed by atoms with van der Waals surface area (Å²) in [6.45, 7) is 2.02. The average molecular weight is 199 g/mol. The van der Waals surface area contributed by atoms with Crippen LogP contribution in [-0.4, -0.2) is 6.04 Å². The van der Waals surface area contributed by atoms with Crippen LogP contribution in [0.3, 0.4) is 0 Å². The predicted octanol–water partition coefficient (Wildman–Crippen LogP) is 2.66. The van der Waals surface area contributed by atoms with Gasteiger partial charge in [-0.3, -0.25) is 0 Å². The van der Waals surface area contributed by atoms with Crippen molar-refractivity contribution in [2.45, 2.75) is 25.8 Å². The fourth-order valence-corrected chi connectivity index (χ4v) is 1.33. The van der Waals surface area contributed by atoms with E-state index in [0.717, 1.165) is 12.1 Å². The normalized spacial score (nSPS) is 11.1. The fraction of sp³-hybridized carbons (Fsp3) is 0.333. The SMILES string of the molecule is CCC(CC#N)Nc1ccccc1C#N. The minimum atomic E-state index is 0.115.